The molecule has 0 aliphatic heterocycles. The van der Waals surface area contributed by atoms with E-state index < -0.39 is 12.0 Å². The van der Waals surface area contributed by atoms with Crippen molar-refractivity contribution in [3.8, 4) is 5.75 Å². The Kier molecular flexibility index (Phi) is 6.49. The van der Waals surface area contributed by atoms with Crippen molar-refractivity contribution in [2.24, 2.45) is 5.92 Å². The Morgan fingerprint density at radius 3 is 2.62 bits per heavy atom. The fraction of sp³-hybridized carbons (Fsp3) is 0.467. The van der Waals surface area contributed by atoms with Gasteiger partial charge < -0.3 is 15.2 Å². The lowest BCUT2D eigenvalue weighted by molar-refractivity contribution is -0.138. The highest BCUT2D eigenvalue weighted by molar-refractivity contribution is 6.32. The number of carboxylic acid groups (broad SMARTS) is 1. The van der Waals surface area contributed by atoms with Crippen LogP contribution in [0.25, 0.3) is 0 Å². The number of carbonyl (C=O) groups excluding carboxylic acids is 1. The number of carbonyl (C=O) groups is 2. The van der Waals surface area contributed by atoms with E-state index in [1.54, 1.807) is 12.1 Å². The monoisotopic (exact) mass is 313 g/mol. The second-order valence-electron chi connectivity index (χ2n) is 5.24. The van der Waals surface area contributed by atoms with E-state index in [1.165, 1.54) is 0 Å². The fourth-order valence-electron chi connectivity index (χ4n) is 1.75. The molecule has 0 saturated heterocycles. The summed E-state index contributed by atoms with van der Waals surface area (Å²) in [5, 5.41) is 11.9. The Balaban J connectivity index is 2.56. The summed E-state index contributed by atoms with van der Waals surface area (Å²) in [6.07, 6.45) is -0.116. The number of ether oxygens (including phenoxy) is 1. The minimum Gasteiger partial charge on any atom is -0.482 e. The van der Waals surface area contributed by atoms with Gasteiger partial charge in [0.1, 0.15) is 5.75 Å². The molecule has 2 N–H and O–H groups in total. The summed E-state index contributed by atoms with van der Waals surface area (Å²) in [5.74, 6) is -0.858. The van der Waals surface area contributed by atoms with Crippen LogP contribution < -0.4 is 10.1 Å². The third-order valence-electron chi connectivity index (χ3n) is 2.99. The van der Waals surface area contributed by atoms with Gasteiger partial charge in [-0.05, 0) is 30.5 Å². The summed E-state index contributed by atoms with van der Waals surface area (Å²) in [6.45, 7) is 5.40. The fourth-order valence-corrected chi connectivity index (χ4v) is 1.93. The molecule has 0 fully saturated rings. The third-order valence-corrected chi connectivity index (χ3v) is 3.30. The molecule has 1 aromatic rings. The van der Waals surface area contributed by atoms with E-state index in [4.69, 9.17) is 21.4 Å². The smallest absolute Gasteiger partial charge is 0.305 e. The van der Waals surface area contributed by atoms with Gasteiger partial charge in [-0.25, -0.2) is 0 Å². The van der Waals surface area contributed by atoms with Crippen molar-refractivity contribution in [3.05, 3.63) is 28.8 Å². The first kappa shape index (κ1) is 17.3. The minimum atomic E-state index is -0.948. The first-order valence-electron chi connectivity index (χ1n) is 6.69. The molecule has 0 aliphatic carbocycles. The number of aliphatic carboxylic acids is 1. The number of amides is 1. The maximum absolute atomic E-state index is 11.8. The van der Waals surface area contributed by atoms with Crippen LogP contribution >= 0.6 is 11.6 Å². The van der Waals surface area contributed by atoms with Gasteiger partial charge in [-0.15, -0.1) is 0 Å². The van der Waals surface area contributed by atoms with E-state index >= 15 is 0 Å². The van der Waals surface area contributed by atoms with Gasteiger partial charge in [0.2, 0.25) is 0 Å². The Hall–Kier alpha value is -1.75. The molecule has 21 heavy (non-hydrogen) atoms. The van der Waals surface area contributed by atoms with Crippen LogP contribution in [0.5, 0.6) is 5.75 Å². The van der Waals surface area contributed by atoms with Crippen LogP contribution in [0.2, 0.25) is 5.02 Å². The molecule has 0 saturated carbocycles. The lowest BCUT2D eigenvalue weighted by Crippen LogP contribution is -2.42. The molecule has 1 aromatic carbocycles. The normalized spacial score (nSPS) is 12.0. The van der Waals surface area contributed by atoms with E-state index in [1.807, 2.05) is 26.8 Å². The second-order valence-corrected chi connectivity index (χ2v) is 5.65. The minimum absolute atomic E-state index is 0.0209. The Morgan fingerprint density at radius 1 is 1.38 bits per heavy atom. The average molecular weight is 314 g/mol. The van der Waals surface area contributed by atoms with E-state index in [0.717, 1.165) is 5.56 Å². The highest BCUT2D eigenvalue weighted by Crippen LogP contribution is 2.25. The molecular formula is C15H20ClNO4. The summed E-state index contributed by atoms with van der Waals surface area (Å²) >= 11 is 5.97. The van der Waals surface area contributed by atoms with Gasteiger partial charge in [-0.3, -0.25) is 9.59 Å². The standard InChI is InChI=1S/C15H20ClNO4/c1-9(2)12(7-15(19)20)17-14(18)8-21-13-6-10(3)4-5-11(13)16/h4-6,9,12H,7-8H2,1-3H3,(H,17,18)(H,19,20). The highest BCUT2D eigenvalue weighted by Gasteiger charge is 2.19. The molecule has 0 spiro atoms. The van der Waals surface area contributed by atoms with Crippen molar-refractivity contribution in [1.29, 1.82) is 0 Å². The number of benzene rings is 1. The van der Waals surface area contributed by atoms with Gasteiger partial charge in [0.25, 0.3) is 5.91 Å². The van der Waals surface area contributed by atoms with Gasteiger partial charge in [-0.2, -0.15) is 0 Å². The number of nitrogens with one attached hydrogen (secondary N) is 1. The van der Waals surface area contributed by atoms with Crippen LogP contribution in [0.15, 0.2) is 18.2 Å². The molecule has 0 aromatic heterocycles. The van der Waals surface area contributed by atoms with Crippen molar-refractivity contribution < 1.29 is 19.4 Å². The van der Waals surface area contributed by atoms with Crippen molar-refractivity contribution >= 4 is 23.5 Å². The van der Waals surface area contributed by atoms with Gasteiger partial charge >= 0.3 is 5.97 Å². The number of aryl methyl sites for hydroxylation is 1. The highest BCUT2D eigenvalue weighted by atomic mass is 35.5. The number of hydrogen-bond acceptors (Lipinski definition) is 3. The van der Waals surface area contributed by atoms with E-state index in [-0.39, 0.29) is 24.9 Å². The largest absolute Gasteiger partial charge is 0.482 e. The first-order chi connectivity index (χ1) is 9.79. The van der Waals surface area contributed by atoms with Crippen LogP contribution in [0.4, 0.5) is 0 Å². The van der Waals surface area contributed by atoms with Gasteiger partial charge in [-0.1, -0.05) is 31.5 Å². The Morgan fingerprint density at radius 2 is 2.05 bits per heavy atom. The molecule has 0 bridgehead atoms. The predicted octanol–water partition coefficient (Wildman–Crippen LogP) is 2.64. The molecular weight excluding hydrogens is 294 g/mol. The molecule has 0 radical (unpaired) electrons. The lowest BCUT2D eigenvalue weighted by atomic mass is 10.0. The molecule has 1 atom stereocenters. The molecule has 116 valence electrons. The van der Waals surface area contributed by atoms with Gasteiger partial charge in [0.15, 0.2) is 6.61 Å². The molecule has 5 nitrogen and oxygen atoms in total. The number of hydrogen-bond donors (Lipinski definition) is 2. The van der Waals surface area contributed by atoms with E-state index in [9.17, 15) is 9.59 Å². The molecule has 1 rings (SSSR count). The molecule has 0 heterocycles. The van der Waals surface area contributed by atoms with Crippen molar-refractivity contribution in [1.82, 2.24) is 5.32 Å². The van der Waals surface area contributed by atoms with Crippen LogP contribution in [-0.2, 0) is 9.59 Å². The first-order valence-corrected chi connectivity index (χ1v) is 7.07. The van der Waals surface area contributed by atoms with Gasteiger partial charge in [0.05, 0.1) is 11.4 Å². The quantitative estimate of drug-likeness (QED) is 0.811. The lowest BCUT2D eigenvalue weighted by Gasteiger charge is -2.20. The maximum atomic E-state index is 11.8. The zero-order chi connectivity index (χ0) is 16.0. The predicted molar refractivity (Wildman–Crippen MR) is 80.7 cm³/mol. The summed E-state index contributed by atoms with van der Waals surface area (Å²) in [4.78, 5) is 22.6. The SMILES string of the molecule is Cc1ccc(Cl)c(OCC(=O)NC(CC(=O)O)C(C)C)c1. The van der Waals surface area contributed by atoms with Crippen molar-refractivity contribution in [2.45, 2.75) is 33.2 Å². The Bertz CT molecular complexity index is 516. The van der Waals surface area contributed by atoms with Crippen LogP contribution in [0, 0.1) is 12.8 Å². The summed E-state index contributed by atoms with van der Waals surface area (Å²) < 4.78 is 5.37. The van der Waals surface area contributed by atoms with Crippen LogP contribution in [-0.4, -0.2) is 29.6 Å². The Labute approximate surface area is 129 Å². The molecule has 1 unspecified atom stereocenters. The van der Waals surface area contributed by atoms with E-state index in [2.05, 4.69) is 5.32 Å². The maximum Gasteiger partial charge on any atom is 0.305 e. The molecule has 1 amide bonds. The van der Waals surface area contributed by atoms with Crippen LogP contribution in [0.1, 0.15) is 25.8 Å². The zero-order valence-electron chi connectivity index (χ0n) is 12.4. The van der Waals surface area contributed by atoms with Gasteiger partial charge in [0, 0.05) is 6.04 Å². The van der Waals surface area contributed by atoms with E-state index in [0.29, 0.717) is 10.8 Å². The van der Waals surface area contributed by atoms with Crippen LogP contribution in [0.3, 0.4) is 0 Å². The average Bonchev–Trinajstić information content (AvgIpc) is 2.38. The summed E-state index contributed by atoms with van der Waals surface area (Å²) in [7, 11) is 0. The topological polar surface area (TPSA) is 75.6 Å². The van der Waals surface area contributed by atoms with Crippen molar-refractivity contribution in [3.63, 3.8) is 0 Å². The van der Waals surface area contributed by atoms with Crippen molar-refractivity contribution in [2.75, 3.05) is 6.61 Å². The summed E-state index contributed by atoms with van der Waals surface area (Å²) in [6, 6.07) is 4.86. The molecule has 0 aliphatic rings. The third kappa shape index (κ3) is 6.04. The number of carboxylic acids is 1. The molecule has 6 heteroatoms. The number of halogens is 1. The zero-order valence-corrected chi connectivity index (χ0v) is 13.1. The summed E-state index contributed by atoms with van der Waals surface area (Å²) in [5.41, 5.74) is 0.973. The second kappa shape index (κ2) is 7.88. The number of rotatable bonds is 7.